The molecule has 3 rings (SSSR count). The lowest BCUT2D eigenvalue weighted by Gasteiger charge is -2.21. The highest BCUT2D eigenvalue weighted by Gasteiger charge is 2.29. The van der Waals surface area contributed by atoms with Crippen LogP contribution >= 0.6 is 0 Å². The van der Waals surface area contributed by atoms with Crippen LogP contribution in [0.1, 0.15) is 57.6 Å². The minimum atomic E-state index is -0.803. The van der Waals surface area contributed by atoms with Crippen LogP contribution in [0.2, 0.25) is 0 Å². The zero-order chi connectivity index (χ0) is 22.6. The van der Waals surface area contributed by atoms with Crippen molar-refractivity contribution in [2.45, 2.75) is 58.1 Å². The molecule has 2 aromatic carbocycles. The molecule has 164 valence electrons. The summed E-state index contributed by atoms with van der Waals surface area (Å²) >= 11 is 0. The van der Waals surface area contributed by atoms with Gasteiger partial charge >= 0.3 is 12.1 Å². The molecule has 1 aliphatic rings. The van der Waals surface area contributed by atoms with Gasteiger partial charge in [0.15, 0.2) is 5.78 Å². The number of Topliss-reactive ketones (excluding diaryl/α,β-unsaturated/α-hetero) is 1. The van der Waals surface area contributed by atoms with E-state index in [4.69, 9.17) is 9.47 Å². The van der Waals surface area contributed by atoms with E-state index >= 15 is 0 Å². The number of amides is 1. The number of nitrogens with one attached hydrogen (secondary N) is 1. The fourth-order valence-electron chi connectivity index (χ4n) is 3.81. The second kappa shape index (κ2) is 9.33. The molecule has 0 spiro atoms. The van der Waals surface area contributed by atoms with Crippen LogP contribution in [0.4, 0.5) is 4.79 Å². The van der Waals surface area contributed by atoms with Crippen LogP contribution in [-0.2, 0) is 19.1 Å². The summed E-state index contributed by atoms with van der Waals surface area (Å²) < 4.78 is 10.7. The van der Waals surface area contributed by atoms with Crippen molar-refractivity contribution in [1.82, 2.24) is 5.32 Å². The number of rotatable bonds is 7. The van der Waals surface area contributed by atoms with E-state index in [9.17, 15) is 14.4 Å². The van der Waals surface area contributed by atoms with E-state index in [1.807, 2.05) is 36.4 Å². The van der Waals surface area contributed by atoms with E-state index < -0.39 is 23.7 Å². The molecule has 0 saturated heterocycles. The Hall–Kier alpha value is -3.15. The predicted molar refractivity (Wildman–Crippen MR) is 118 cm³/mol. The fraction of sp³-hybridized carbons (Fsp3) is 0.400. The lowest BCUT2D eigenvalue weighted by atomic mass is 9.98. The summed E-state index contributed by atoms with van der Waals surface area (Å²) in [4.78, 5) is 36.3. The molecule has 1 unspecified atom stereocenters. The number of alkyl carbamates (subject to hydrolysis) is 1. The molecule has 31 heavy (non-hydrogen) atoms. The molecule has 1 N–H and O–H groups in total. The zero-order valence-corrected chi connectivity index (χ0v) is 18.4. The zero-order valence-electron chi connectivity index (χ0n) is 18.4. The highest BCUT2D eigenvalue weighted by Crippen LogP contribution is 2.44. The van der Waals surface area contributed by atoms with Crippen LogP contribution in [0, 0.1) is 0 Å². The molecule has 1 atom stereocenters. The number of carbonyl (C=O) groups excluding carboxylic acids is 3. The van der Waals surface area contributed by atoms with Gasteiger partial charge in [-0.1, -0.05) is 48.5 Å². The first-order valence-electron chi connectivity index (χ1n) is 10.5. The van der Waals surface area contributed by atoms with Gasteiger partial charge in [0.2, 0.25) is 0 Å². The predicted octanol–water partition coefficient (Wildman–Crippen LogP) is 4.60. The standard InChI is InChI=1S/C25H29NO5/c1-16(27)22(13-14-23(28)31-25(2,3)4)26-24(29)30-15-21-19-11-7-5-9-17(19)18-10-6-8-12-20(18)21/h5-12,21-22H,13-15H2,1-4H3,(H,26,29). The van der Waals surface area contributed by atoms with Crippen LogP contribution < -0.4 is 5.32 Å². The Balaban J connectivity index is 1.59. The molecular formula is C25H29NO5. The van der Waals surface area contributed by atoms with Crippen LogP contribution in [0.3, 0.4) is 0 Å². The van der Waals surface area contributed by atoms with Gasteiger partial charge in [0.05, 0.1) is 6.04 Å². The minimum Gasteiger partial charge on any atom is -0.460 e. The smallest absolute Gasteiger partial charge is 0.407 e. The van der Waals surface area contributed by atoms with Crippen molar-refractivity contribution in [3.63, 3.8) is 0 Å². The van der Waals surface area contributed by atoms with E-state index in [0.717, 1.165) is 22.3 Å². The molecule has 0 radical (unpaired) electrons. The van der Waals surface area contributed by atoms with Crippen molar-refractivity contribution in [1.29, 1.82) is 0 Å². The summed E-state index contributed by atoms with van der Waals surface area (Å²) in [5.74, 6) is -0.708. The van der Waals surface area contributed by atoms with Gasteiger partial charge in [0, 0.05) is 12.3 Å². The van der Waals surface area contributed by atoms with E-state index in [2.05, 4.69) is 17.4 Å². The lowest BCUT2D eigenvalue weighted by Crippen LogP contribution is -2.41. The van der Waals surface area contributed by atoms with Gasteiger partial charge in [0.25, 0.3) is 0 Å². The van der Waals surface area contributed by atoms with Gasteiger partial charge < -0.3 is 14.8 Å². The molecule has 0 fully saturated rings. The third kappa shape index (κ3) is 5.72. The molecule has 1 aliphatic carbocycles. The van der Waals surface area contributed by atoms with E-state index in [-0.39, 0.29) is 31.1 Å². The number of fused-ring (bicyclic) bond motifs is 3. The summed E-state index contributed by atoms with van der Waals surface area (Å²) in [6.07, 6.45) is -0.481. The van der Waals surface area contributed by atoms with Crippen molar-refractivity contribution in [2.75, 3.05) is 6.61 Å². The summed E-state index contributed by atoms with van der Waals surface area (Å²) in [7, 11) is 0. The molecule has 0 saturated carbocycles. The molecular weight excluding hydrogens is 394 g/mol. The lowest BCUT2D eigenvalue weighted by molar-refractivity contribution is -0.155. The average Bonchev–Trinajstić information content (AvgIpc) is 3.02. The Labute approximate surface area is 182 Å². The van der Waals surface area contributed by atoms with Gasteiger partial charge in [-0.15, -0.1) is 0 Å². The Kier molecular flexibility index (Phi) is 6.78. The van der Waals surface area contributed by atoms with Crippen molar-refractivity contribution >= 4 is 17.8 Å². The maximum Gasteiger partial charge on any atom is 0.407 e. The first-order valence-corrected chi connectivity index (χ1v) is 10.5. The summed E-state index contributed by atoms with van der Waals surface area (Å²) in [5.41, 5.74) is 3.93. The van der Waals surface area contributed by atoms with Gasteiger partial charge in [-0.2, -0.15) is 0 Å². The van der Waals surface area contributed by atoms with E-state index in [1.54, 1.807) is 20.8 Å². The van der Waals surface area contributed by atoms with Crippen molar-refractivity contribution < 1.29 is 23.9 Å². The monoisotopic (exact) mass is 423 g/mol. The Morgan fingerprint density at radius 1 is 0.968 bits per heavy atom. The van der Waals surface area contributed by atoms with Crippen molar-refractivity contribution in [3.05, 3.63) is 59.7 Å². The number of carbonyl (C=O) groups is 3. The van der Waals surface area contributed by atoms with Crippen molar-refractivity contribution in [2.24, 2.45) is 0 Å². The number of esters is 1. The van der Waals surface area contributed by atoms with Crippen LogP contribution in [0.5, 0.6) is 0 Å². The normalized spacial score (nSPS) is 13.7. The second-order valence-electron chi connectivity index (χ2n) is 8.76. The highest BCUT2D eigenvalue weighted by molar-refractivity contribution is 5.86. The highest BCUT2D eigenvalue weighted by atomic mass is 16.6. The second-order valence-corrected chi connectivity index (χ2v) is 8.76. The van der Waals surface area contributed by atoms with E-state index in [1.165, 1.54) is 6.92 Å². The van der Waals surface area contributed by atoms with Crippen molar-refractivity contribution in [3.8, 4) is 11.1 Å². The number of ketones is 1. The molecule has 6 heteroatoms. The SMILES string of the molecule is CC(=O)C(CCC(=O)OC(C)(C)C)NC(=O)OCC1c2ccccc2-c2ccccc21. The third-order valence-corrected chi connectivity index (χ3v) is 5.18. The van der Waals surface area contributed by atoms with Gasteiger partial charge in [0.1, 0.15) is 12.2 Å². The largest absolute Gasteiger partial charge is 0.460 e. The maximum absolute atomic E-state index is 12.4. The molecule has 6 nitrogen and oxygen atoms in total. The number of ether oxygens (including phenoxy) is 2. The third-order valence-electron chi connectivity index (χ3n) is 5.18. The van der Waals surface area contributed by atoms with Crippen LogP contribution in [0.25, 0.3) is 11.1 Å². The molecule has 0 bridgehead atoms. The summed E-state index contributed by atoms with van der Waals surface area (Å²) in [6.45, 7) is 6.88. The molecule has 2 aromatic rings. The molecule has 0 aromatic heterocycles. The number of hydrogen-bond acceptors (Lipinski definition) is 5. The Morgan fingerprint density at radius 2 is 1.52 bits per heavy atom. The average molecular weight is 424 g/mol. The van der Waals surface area contributed by atoms with Crippen LogP contribution in [0.15, 0.2) is 48.5 Å². The van der Waals surface area contributed by atoms with E-state index in [0.29, 0.717) is 0 Å². The fourth-order valence-corrected chi connectivity index (χ4v) is 3.81. The molecule has 0 aliphatic heterocycles. The summed E-state index contributed by atoms with van der Waals surface area (Å²) in [5, 5.41) is 2.59. The first kappa shape index (κ1) is 22.5. The minimum absolute atomic E-state index is 0.0329. The Bertz CT molecular complexity index is 930. The quantitative estimate of drug-likeness (QED) is 0.658. The van der Waals surface area contributed by atoms with Gasteiger partial charge in [-0.3, -0.25) is 9.59 Å². The topological polar surface area (TPSA) is 81.7 Å². The number of hydrogen-bond donors (Lipinski definition) is 1. The van der Waals surface area contributed by atoms with Gasteiger partial charge in [-0.05, 0) is 56.4 Å². The molecule has 1 amide bonds. The maximum atomic E-state index is 12.4. The Morgan fingerprint density at radius 3 is 2.03 bits per heavy atom. The van der Waals surface area contributed by atoms with Crippen LogP contribution in [-0.4, -0.2) is 36.1 Å². The molecule has 0 heterocycles. The first-order chi connectivity index (χ1) is 14.7. The number of benzene rings is 2. The summed E-state index contributed by atoms with van der Waals surface area (Å²) in [6, 6.07) is 15.3. The van der Waals surface area contributed by atoms with Gasteiger partial charge in [-0.25, -0.2) is 4.79 Å².